The fourth-order valence-corrected chi connectivity index (χ4v) is 2.57. The van der Waals surface area contributed by atoms with E-state index in [1.165, 1.54) is 23.9 Å². The van der Waals surface area contributed by atoms with E-state index in [1.54, 1.807) is 6.07 Å². The Hall–Kier alpha value is -1.80. The number of nitro benzene ring substituents is 1. The molecular weight excluding hydrogens is 258 g/mol. The van der Waals surface area contributed by atoms with Gasteiger partial charge in [0, 0.05) is 22.6 Å². The third-order valence-corrected chi connectivity index (χ3v) is 3.67. The molecule has 0 unspecified atom stereocenters. The highest BCUT2D eigenvalue weighted by molar-refractivity contribution is 8.00. The van der Waals surface area contributed by atoms with Crippen molar-refractivity contribution in [1.82, 2.24) is 0 Å². The number of thioether (sulfide) groups is 1. The summed E-state index contributed by atoms with van der Waals surface area (Å²) in [5.74, 6) is -0.138. The van der Waals surface area contributed by atoms with Crippen LogP contribution in [0.2, 0.25) is 0 Å². The summed E-state index contributed by atoms with van der Waals surface area (Å²) in [6.07, 6.45) is 0. The van der Waals surface area contributed by atoms with Crippen molar-refractivity contribution in [3.63, 3.8) is 0 Å². The molecule has 18 heavy (non-hydrogen) atoms. The second-order valence-electron chi connectivity index (χ2n) is 3.70. The second-order valence-corrected chi connectivity index (χ2v) is 5.04. The molecule has 2 rings (SSSR count). The van der Waals surface area contributed by atoms with Crippen LogP contribution in [0.5, 0.6) is 0 Å². The van der Waals surface area contributed by atoms with E-state index < -0.39 is 4.92 Å². The zero-order valence-corrected chi connectivity index (χ0v) is 10.1. The third-order valence-electron chi connectivity index (χ3n) is 2.46. The molecule has 1 aliphatic heterocycles. The van der Waals surface area contributed by atoms with Crippen LogP contribution in [0.1, 0.15) is 5.56 Å². The highest BCUT2D eigenvalue weighted by Crippen LogP contribution is 2.32. The summed E-state index contributed by atoms with van der Waals surface area (Å²) in [5.41, 5.74) is 5.80. The molecule has 1 fully saturated rings. The van der Waals surface area contributed by atoms with Crippen molar-refractivity contribution < 1.29 is 14.9 Å². The van der Waals surface area contributed by atoms with Gasteiger partial charge < -0.3 is 15.7 Å². The summed E-state index contributed by atoms with van der Waals surface area (Å²) >= 11 is 1.50. The average Bonchev–Trinajstić information content (AvgIpc) is 2.32. The summed E-state index contributed by atoms with van der Waals surface area (Å²) in [4.78, 5) is 10.9. The summed E-state index contributed by atoms with van der Waals surface area (Å²) in [6, 6.07) is 4.31. The van der Waals surface area contributed by atoms with Crippen molar-refractivity contribution >= 4 is 23.3 Å². The number of nitro groups is 1. The molecule has 96 valence electrons. The monoisotopic (exact) mass is 269 g/mol. The van der Waals surface area contributed by atoms with Crippen LogP contribution < -0.4 is 5.73 Å². The minimum Gasteiger partial charge on any atom is -0.409 e. The van der Waals surface area contributed by atoms with Crippen LogP contribution >= 0.6 is 11.8 Å². The Labute approximate surface area is 107 Å². The van der Waals surface area contributed by atoms with Crippen LogP contribution in [-0.2, 0) is 4.74 Å². The molecule has 0 bridgehead atoms. The number of nitrogens with zero attached hydrogens (tertiary/aromatic N) is 2. The van der Waals surface area contributed by atoms with Crippen molar-refractivity contribution in [2.75, 3.05) is 13.2 Å². The number of ether oxygens (including phenoxy) is 1. The van der Waals surface area contributed by atoms with E-state index >= 15 is 0 Å². The lowest BCUT2D eigenvalue weighted by Crippen LogP contribution is -2.30. The Kier molecular flexibility index (Phi) is 3.68. The number of oxime groups is 1. The molecule has 1 aromatic rings. The van der Waals surface area contributed by atoms with Gasteiger partial charge in [0.1, 0.15) is 0 Å². The Morgan fingerprint density at radius 1 is 1.61 bits per heavy atom. The van der Waals surface area contributed by atoms with E-state index in [2.05, 4.69) is 5.16 Å². The number of hydrogen-bond acceptors (Lipinski definition) is 6. The van der Waals surface area contributed by atoms with Crippen LogP contribution in [0.25, 0.3) is 0 Å². The van der Waals surface area contributed by atoms with Gasteiger partial charge in [-0.2, -0.15) is 0 Å². The summed E-state index contributed by atoms with van der Waals surface area (Å²) < 4.78 is 5.06. The van der Waals surface area contributed by atoms with Gasteiger partial charge in [0.25, 0.3) is 5.69 Å². The Morgan fingerprint density at radius 2 is 2.33 bits per heavy atom. The number of rotatable bonds is 4. The SMILES string of the molecule is NC(=NO)c1cc([N+](=O)[O-])ccc1SC1COC1. The van der Waals surface area contributed by atoms with Gasteiger partial charge in [-0.25, -0.2) is 0 Å². The fraction of sp³-hybridized carbons (Fsp3) is 0.300. The third kappa shape index (κ3) is 2.54. The second kappa shape index (κ2) is 5.23. The lowest BCUT2D eigenvalue weighted by molar-refractivity contribution is -0.384. The molecule has 1 heterocycles. The maximum atomic E-state index is 10.7. The molecule has 0 aliphatic carbocycles. The predicted molar refractivity (Wildman–Crippen MR) is 66.1 cm³/mol. The number of hydrogen-bond donors (Lipinski definition) is 2. The lowest BCUT2D eigenvalue weighted by Gasteiger charge is -2.25. The van der Waals surface area contributed by atoms with Gasteiger partial charge in [0.2, 0.25) is 0 Å². The van der Waals surface area contributed by atoms with E-state index in [0.717, 1.165) is 4.90 Å². The quantitative estimate of drug-likeness (QED) is 0.279. The van der Waals surface area contributed by atoms with Gasteiger partial charge >= 0.3 is 0 Å². The van der Waals surface area contributed by atoms with Gasteiger partial charge in [-0.15, -0.1) is 11.8 Å². The maximum Gasteiger partial charge on any atom is 0.270 e. The molecule has 1 aromatic carbocycles. The van der Waals surface area contributed by atoms with Crippen molar-refractivity contribution in [1.29, 1.82) is 0 Å². The highest BCUT2D eigenvalue weighted by Gasteiger charge is 2.23. The average molecular weight is 269 g/mol. The molecular formula is C10H11N3O4S. The summed E-state index contributed by atoms with van der Waals surface area (Å²) in [7, 11) is 0. The van der Waals surface area contributed by atoms with E-state index in [0.29, 0.717) is 24.0 Å². The van der Waals surface area contributed by atoms with Crippen LogP contribution in [0.4, 0.5) is 5.69 Å². The molecule has 0 aromatic heterocycles. The lowest BCUT2D eigenvalue weighted by atomic mass is 10.2. The van der Waals surface area contributed by atoms with Gasteiger partial charge in [-0.3, -0.25) is 10.1 Å². The molecule has 0 radical (unpaired) electrons. The zero-order valence-electron chi connectivity index (χ0n) is 9.28. The minimum absolute atomic E-state index is 0.0918. The first kappa shape index (κ1) is 12.7. The zero-order chi connectivity index (χ0) is 13.1. The van der Waals surface area contributed by atoms with Crippen LogP contribution in [-0.4, -0.2) is 34.4 Å². The van der Waals surface area contributed by atoms with Crippen molar-refractivity contribution in [2.24, 2.45) is 10.9 Å². The fourth-order valence-electron chi connectivity index (χ4n) is 1.45. The van der Waals surface area contributed by atoms with Gasteiger partial charge in [0.15, 0.2) is 5.84 Å². The molecule has 3 N–H and O–H groups in total. The van der Waals surface area contributed by atoms with Crippen molar-refractivity contribution in [3.05, 3.63) is 33.9 Å². The number of amidine groups is 1. The standard InChI is InChI=1S/C10H11N3O4S/c11-10(12-14)8-3-6(13(15)16)1-2-9(8)18-7-4-17-5-7/h1-3,7,14H,4-5H2,(H2,11,12). The largest absolute Gasteiger partial charge is 0.409 e. The van der Waals surface area contributed by atoms with E-state index in [-0.39, 0.29) is 11.5 Å². The van der Waals surface area contributed by atoms with Crippen LogP contribution in [0.15, 0.2) is 28.3 Å². The number of non-ortho nitro benzene ring substituents is 1. The Bertz CT molecular complexity index is 502. The molecule has 7 nitrogen and oxygen atoms in total. The maximum absolute atomic E-state index is 10.7. The van der Waals surface area contributed by atoms with Gasteiger partial charge in [0.05, 0.1) is 23.4 Å². The molecule has 1 saturated heterocycles. The van der Waals surface area contributed by atoms with Crippen LogP contribution in [0, 0.1) is 10.1 Å². The van der Waals surface area contributed by atoms with E-state index in [4.69, 9.17) is 15.7 Å². The van der Waals surface area contributed by atoms with Crippen molar-refractivity contribution in [2.45, 2.75) is 10.1 Å². The summed E-state index contributed by atoms with van der Waals surface area (Å²) in [6.45, 7) is 1.27. The Balaban J connectivity index is 2.34. The molecule has 0 saturated carbocycles. The molecule has 0 atom stereocenters. The molecule has 1 aliphatic rings. The van der Waals surface area contributed by atoms with Crippen molar-refractivity contribution in [3.8, 4) is 0 Å². The topological polar surface area (TPSA) is 111 Å². The molecule has 0 amide bonds. The smallest absolute Gasteiger partial charge is 0.270 e. The first-order chi connectivity index (χ1) is 8.61. The van der Waals surface area contributed by atoms with Crippen LogP contribution in [0.3, 0.4) is 0 Å². The number of benzene rings is 1. The van der Waals surface area contributed by atoms with E-state index in [1.807, 2.05) is 0 Å². The minimum atomic E-state index is -0.519. The highest BCUT2D eigenvalue weighted by atomic mass is 32.2. The normalized spacial score (nSPS) is 16.3. The summed E-state index contributed by atoms with van der Waals surface area (Å²) in [5, 5.41) is 22.6. The first-order valence-corrected chi connectivity index (χ1v) is 6.00. The molecule has 8 heteroatoms. The van der Waals surface area contributed by atoms with Gasteiger partial charge in [-0.1, -0.05) is 5.16 Å². The Morgan fingerprint density at radius 3 is 2.83 bits per heavy atom. The van der Waals surface area contributed by atoms with Gasteiger partial charge in [-0.05, 0) is 6.07 Å². The predicted octanol–water partition coefficient (Wildman–Crippen LogP) is 1.18. The van der Waals surface area contributed by atoms with E-state index in [9.17, 15) is 10.1 Å². The number of nitrogens with two attached hydrogens (primary N) is 1. The first-order valence-electron chi connectivity index (χ1n) is 5.12. The molecule has 0 spiro atoms.